The lowest BCUT2D eigenvalue weighted by Crippen LogP contribution is -2.46. The molecule has 1 aliphatic heterocycles. The van der Waals surface area contributed by atoms with Crippen LogP contribution in [-0.2, 0) is 27.8 Å². The van der Waals surface area contributed by atoms with E-state index < -0.39 is 22.0 Å². The lowest BCUT2D eigenvalue weighted by Gasteiger charge is -2.33. The van der Waals surface area contributed by atoms with Gasteiger partial charge in [0.2, 0.25) is 10.0 Å². The van der Waals surface area contributed by atoms with Gasteiger partial charge in [0, 0.05) is 24.2 Å². The smallest absolute Gasteiger partial charge is 0.266 e. The Labute approximate surface area is 214 Å². The van der Waals surface area contributed by atoms with Gasteiger partial charge in [0.25, 0.3) is 5.91 Å². The molecule has 1 aromatic heterocycles. The van der Waals surface area contributed by atoms with E-state index in [2.05, 4.69) is 5.10 Å². The third-order valence-electron chi connectivity index (χ3n) is 6.41. The number of aromatic nitrogens is 2. The first kappa shape index (κ1) is 24.7. The monoisotopic (exact) mass is 518 g/mol. The number of carbonyl (C=O) groups is 1. The van der Waals surface area contributed by atoms with Gasteiger partial charge in [-0.1, -0.05) is 48.5 Å². The van der Waals surface area contributed by atoms with Crippen LogP contribution in [0.2, 0.25) is 0 Å². The highest BCUT2D eigenvalue weighted by Gasteiger charge is 2.43. The molecule has 10 heteroatoms. The average Bonchev–Trinajstić information content (AvgIpc) is 3.28. The first-order valence-electron chi connectivity index (χ1n) is 11.8. The summed E-state index contributed by atoms with van der Waals surface area (Å²) in [5.41, 5.74) is 5.13. The summed E-state index contributed by atoms with van der Waals surface area (Å²) in [7, 11) is -4.10. The van der Waals surface area contributed by atoms with Crippen molar-refractivity contribution in [2.24, 2.45) is 0 Å². The first-order chi connectivity index (χ1) is 17.9. The number of nitrogens with one attached hydrogen (secondary N) is 1. The van der Waals surface area contributed by atoms with E-state index >= 15 is 0 Å². The van der Waals surface area contributed by atoms with E-state index in [1.807, 2.05) is 60.7 Å². The summed E-state index contributed by atoms with van der Waals surface area (Å²) in [4.78, 5) is 12.9. The highest BCUT2D eigenvalue weighted by molar-refractivity contribution is 7.89. The molecule has 0 aliphatic carbocycles. The second-order valence-corrected chi connectivity index (χ2v) is 10.6. The van der Waals surface area contributed by atoms with Gasteiger partial charge in [0.1, 0.15) is 18.4 Å². The fraction of sp³-hybridized carbons (Fsp3) is 0.185. The molecule has 5 rings (SSSR count). The highest BCUT2D eigenvalue weighted by atomic mass is 32.2. The molecule has 2 N–H and O–H groups in total. The summed E-state index contributed by atoms with van der Waals surface area (Å²) in [5, 5.41) is 14.2. The van der Waals surface area contributed by atoms with E-state index in [-0.39, 0.29) is 11.4 Å². The van der Waals surface area contributed by atoms with Crippen LogP contribution in [0.15, 0.2) is 89.8 Å². The molecule has 1 atom stereocenters. The summed E-state index contributed by atoms with van der Waals surface area (Å²) in [6.07, 6.45) is 0.322. The maximum Gasteiger partial charge on any atom is 0.266 e. The molecule has 0 saturated carbocycles. The van der Waals surface area contributed by atoms with Gasteiger partial charge in [0.15, 0.2) is 0 Å². The van der Waals surface area contributed by atoms with Crippen LogP contribution in [0.5, 0.6) is 5.75 Å². The summed E-state index contributed by atoms with van der Waals surface area (Å²) >= 11 is 0. The molecule has 0 radical (unpaired) electrons. The fourth-order valence-corrected chi connectivity index (χ4v) is 6.15. The lowest BCUT2D eigenvalue weighted by molar-refractivity contribution is -0.133. The minimum absolute atomic E-state index is 0.0202. The van der Waals surface area contributed by atoms with E-state index in [0.29, 0.717) is 35.7 Å². The molecular formula is C27H26N4O5S. The van der Waals surface area contributed by atoms with Gasteiger partial charge in [-0.15, -0.1) is 0 Å². The quantitative estimate of drug-likeness (QED) is 0.286. The van der Waals surface area contributed by atoms with Gasteiger partial charge in [0.05, 0.1) is 16.3 Å². The standard InChI is InChI=1S/C27H26N4O5S/c1-19-25-24(28-31(19)21-10-6-3-7-11-21)16-17-30(26(25)27(32)29-33)37(34,35)23-14-12-22(13-15-23)36-18-20-8-4-2-5-9-20/h2-15,26,33H,16-18H2,1H3,(H,29,32). The Morgan fingerprint density at radius 2 is 1.68 bits per heavy atom. The van der Waals surface area contributed by atoms with Gasteiger partial charge >= 0.3 is 0 Å². The van der Waals surface area contributed by atoms with Gasteiger partial charge in [-0.25, -0.2) is 18.6 Å². The van der Waals surface area contributed by atoms with Crippen LogP contribution < -0.4 is 10.2 Å². The molecule has 2 heterocycles. The second-order valence-electron chi connectivity index (χ2n) is 8.68. The van der Waals surface area contributed by atoms with Crippen LogP contribution >= 0.6 is 0 Å². The van der Waals surface area contributed by atoms with Crippen LogP contribution in [0.1, 0.15) is 28.6 Å². The number of fused-ring (bicyclic) bond motifs is 1. The van der Waals surface area contributed by atoms with E-state index in [1.165, 1.54) is 12.1 Å². The predicted molar refractivity (Wildman–Crippen MR) is 136 cm³/mol. The molecule has 1 aliphatic rings. The molecular weight excluding hydrogens is 492 g/mol. The zero-order valence-corrected chi connectivity index (χ0v) is 20.9. The molecule has 0 saturated heterocycles. The highest BCUT2D eigenvalue weighted by Crippen LogP contribution is 2.37. The van der Waals surface area contributed by atoms with E-state index in [4.69, 9.17) is 4.74 Å². The number of sulfonamides is 1. The van der Waals surface area contributed by atoms with Gasteiger partial charge in [-0.05, 0) is 48.9 Å². The minimum atomic E-state index is -4.10. The van der Waals surface area contributed by atoms with E-state index in [9.17, 15) is 18.4 Å². The van der Waals surface area contributed by atoms with Crippen molar-refractivity contribution in [1.29, 1.82) is 0 Å². The molecule has 3 aromatic carbocycles. The summed E-state index contributed by atoms with van der Waals surface area (Å²) < 4.78 is 36.0. The van der Waals surface area contributed by atoms with Crippen molar-refractivity contribution >= 4 is 15.9 Å². The Hall–Kier alpha value is -3.99. The maximum atomic E-state index is 13.7. The maximum absolute atomic E-state index is 13.7. The average molecular weight is 519 g/mol. The van der Waals surface area contributed by atoms with Crippen molar-refractivity contribution in [3.8, 4) is 11.4 Å². The number of hydrogen-bond donors (Lipinski definition) is 2. The van der Waals surface area contributed by atoms with Crippen LogP contribution in [-0.4, -0.2) is 40.2 Å². The molecule has 37 heavy (non-hydrogen) atoms. The lowest BCUT2D eigenvalue weighted by atomic mass is 9.98. The van der Waals surface area contributed by atoms with E-state index in [1.54, 1.807) is 29.2 Å². The molecule has 4 aromatic rings. The van der Waals surface area contributed by atoms with Gasteiger partial charge in [-0.2, -0.15) is 9.40 Å². The zero-order valence-electron chi connectivity index (χ0n) is 20.1. The topological polar surface area (TPSA) is 114 Å². The van der Waals surface area contributed by atoms with Crippen LogP contribution in [0.25, 0.3) is 5.69 Å². The molecule has 9 nitrogen and oxygen atoms in total. The van der Waals surface area contributed by atoms with Crippen LogP contribution in [0.3, 0.4) is 0 Å². The molecule has 1 unspecified atom stereocenters. The van der Waals surface area contributed by atoms with Gasteiger partial charge in [-0.3, -0.25) is 10.0 Å². The third kappa shape index (κ3) is 4.74. The predicted octanol–water partition coefficient (Wildman–Crippen LogP) is 3.55. The Balaban J connectivity index is 1.45. The van der Waals surface area contributed by atoms with Gasteiger partial charge < -0.3 is 4.74 Å². The number of rotatable bonds is 7. The third-order valence-corrected chi connectivity index (χ3v) is 8.29. The Morgan fingerprint density at radius 3 is 2.32 bits per heavy atom. The van der Waals surface area contributed by atoms with Crippen molar-refractivity contribution in [2.45, 2.75) is 30.9 Å². The number of para-hydroxylation sites is 1. The minimum Gasteiger partial charge on any atom is -0.489 e. The first-order valence-corrected chi connectivity index (χ1v) is 13.2. The second kappa shape index (κ2) is 10.2. The van der Waals surface area contributed by atoms with Crippen molar-refractivity contribution < 1.29 is 23.2 Å². The molecule has 0 spiro atoms. The van der Waals surface area contributed by atoms with E-state index in [0.717, 1.165) is 15.6 Å². The van der Waals surface area contributed by atoms with Crippen molar-refractivity contribution in [1.82, 2.24) is 19.6 Å². The summed E-state index contributed by atoms with van der Waals surface area (Å²) in [6, 6.07) is 23.8. The molecule has 0 bridgehead atoms. The zero-order chi connectivity index (χ0) is 26.0. The fourth-order valence-electron chi connectivity index (χ4n) is 4.59. The molecule has 1 amide bonds. The SMILES string of the molecule is Cc1c2c(nn1-c1ccccc1)CCN(S(=O)(=O)c1ccc(OCc3ccccc3)cc1)C2C(=O)NO. The molecule has 190 valence electrons. The number of amides is 1. The Kier molecular flexibility index (Phi) is 6.79. The largest absolute Gasteiger partial charge is 0.489 e. The van der Waals surface area contributed by atoms with Crippen LogP contribution in [0.4, 0.5) is 0 Å². The number of carbonyl (C=O) groups excluding carboxylic acids is 1. The van der Waals surface area contributed by atoms with Crippen molar-refractivity contribution in [3.63, 3.8) is 0 Å². The van der Waals surface area contributed by atoms with Crippen LogP contribution in [0, 0.1) is 6.92 Å². The number of hydroxylamine groups is 1. The summed E-state index contributed by atoms with van der Waals surface area (Å²) in [6.45, 7) is 2.17. The molecule has 0 fully saturated rings. The number of hydrogen-bond acceptors (Lipinski definition) is 6. The normalized spacial score (nSPS) is 15.7. The van der Waals surface area contributed by atoms with Crippen molar-refractivity contribution in [3.05, 3.63) is 107 Å². The van der Waals surface area contributed by atoms with Crippen molar-refractivity contribution in [2.75, 3.05) is 6.54 Å². The number of ether oxygens (including phenoxy) is 1. The Morgan fingerprint density at radius 1 is 1.03 bits per heavy atom. The number of nitrogens with zero attached hydrogens (tertiary/aromatic N) is 3. The number of benzene rings is 3. The Bertz CT molecular complexity index is 1500. The summed E-state index contributed by atoms with van der Waals surface area (Å²) in [5.74, 6) is -0.323.